The van der Waals surface area contributed by atoms with Gasteiger partial charge >= 0.3 is 5.97 Å². The monoisotopic (exact) mass is 474 g/mol. The average molecular weight is 475 g/mol. The minimum atomic E-state index is -0.434. The van der Waals surface area contributed by atoms with Crippen molar-refractivity contribution in [1.82, 2.24) is 14.8 Å². The lowest BCUT2D eigenvalue weighted by atomic mass is 10.2. The van der Waals surface area contributed by atoms with Crippen molar-refractivity contribution < 1.29 is 19.1 Å². The smallest absolute Gasteiger partial charge is 0.338 e. The van der Waals surface area contributed by atoms with E-state index < -0.39 is 5.97 Å². The fourth-order valence-electron chi connectivity index (χ4n) is 2.63. The number of esters is 1. The van der Waals surface area contributed by atoms with Crippen molar-refractivity contribution in [1.29, 1.82) is 0 Å². The molecule has 0 fully saturated rings. The summed E-state index contributed by atoms with van der Waals surface area (Å²) in [5.74, 6) is 0.615. The molecule has 0 saturated carbocycles. The molecule has 32 heavy (non-hydrogen) atoms. The van der Waals surface area contributed by atoms with Crippen molar-refractivity contribution in [3.8, 4) is 5.75 Å². The summed E-state index contributed by atoms with van der Waals surface area (Å²) < 4.78 is 12.6. The van der Waals surface area contributed by atoms with E-state index in [-0.39, 0.29) is 24.4 Å². The van der Waals surface area contributed by atoms with Gasteiger partial charge in [-0.3, -0.25) is 4.79 Å². The predicted molar refractivity (Wildman–Crippen MR) is 123 cm³/mol. The molecule has 168 valence electrons. The number of rotatable bonds is 9. The van der Waals surface area contributed by atoms with E-state index in [0.29, 0.717) is 33.0 Å². The van der Waals surface area contributed by atoms with Crippen molar-refractivity contribution in [3.05, 3.63) is 64.9 Å². The Kier molecular flexibility index (Phi) is 8.13. The van der Waals surface area contributed by atoms with Crippen LogP contribution in [0.3, 0.4) is 0 Å². The van der Waals surface area contributed by atoms with Gasteiger partial charge in [0.15, 0.2) is 11.0 Å². The van der Waals surface area contributed by atoms with Crippen LogP contribution in [0, 0.1) is 0 Å². The van der Waals surface area contributed by atoms with Crippen LogP contribution in [0.1, 0.15) is 30.0 Å². The third-order valence-corrected chi connectivity index (χ3v) is 5.51. The van der Waals surface area contributed by atoms with Crippen molar-refractivity contribution >= 4 is 40.9 Å². The SMILES string of the molecule is CC(C)OC(=O)c1cccc(NC(=O)CSc2nnc(COc3ccccc3Cl)n2C)c1. The standard InChI is InChI=1S/C22H23ClN4O4S/c1-14(2)31-21(29)15-7-6-8-16(11-15)24-20(28)13-32-22-26-25-19(27(22)3)12-30-18-10-5-4-9-17(18)23/h4-11,14H,12-13H2,1-3H3,(H,24,28). The Morgan fingerprint density at radius 3 is 2.69 bits per heavy atom. The van der Waals surface area contributed by atoms with Crippen molar-refractivity contribution in [2.45, 2.75) is 31.7 Å². The number of amides is 1. The van der Waals surface area contributed by atoms with Crippen molar-refractivity contribution in [2.24, 2.45) is 7.05 Å². The van der Waals surface area contributed by atoms with Crippen LogP contribution in [0.4, 0.5) is 5.69 Å². The summed E-state index contributed by atoms with van der Waals surface area (Å²) >= 11 is 7.34. The van der Waals surface area contributed by atoms with E-state index in [2.05, 4.69) is 15.5 Å². The second kappa shape index (κ2) is 11.0. The highest BCUT2D eigenvalue weighted by molar-refractivity contribution is 7.99. The number of nitrogens with one attached hydrogen (secondary N) is 1. The molecule has 1 amide bonds. The number of hydrogen-bond donors (Lipinski definition) is 1. The number of hydrogen-bond acceptors (Lipinski definition) is 7. The molecule has 0 bridgehead atoms. The first-order valence-electron chi connectivity index (χ1n) is 9.82. The zero-order chi connectivity index (χ0) is 23.1. The van der Waals surface area contributed by atoms with Crippen LogP contribution >= 0.6 is 23.4 Å². The number of halogens is 1. The Labute approximate surface area is 195 Å². The highest BCUT2D eigenvalue weighted by Crippen LogP contribution is 2.24. The Morgan fingerprint density at radius 1 is 1.16 bits per heavy atom. The van der Waals surface area contributed by atoms with E-state index in [1.54, 1.807) is 61.9 Å². The van der Waals surface area contributed by atoms with Gasteiger partial charge < -0.3 is 19.4 Å². The second-order valence-corrected chi connectivity index (χ2v) is 8.40. The van der Waals surface area contributed by atoms with Crippen molar-refractivity contribution in [2.75, 3.05) is 11.1 Å². The van der Waals surface area contributed by atoms with Crippen LogP contribution in [0.25, 0.3) is 0 Å². The van der Waals surface area contributed by atoms with Crippen molar-refractivity contribution in [3.63, 3.8) is 0 Å². The number of carbonyl (C=O) groups is 2. The summed E-state index contributed by atoms with van der Waals surface area (Å²) in [5.41, 5.74) is 0.890. The number of aromatic nitrogens is 3. The molecule has 1 N–H and O–H groups in total. The molecule has 8 nitrogen and oxygen atoms in total. The van der Waals surface area contributed by atoms with Crippen LogP contribution in [0.15, 0.2) is 53.7 Å². The molecule has 1 aromatic heterocycles. The summed E-state index contributed by atoms with van der Waals surface area (Å²) in [5, 5.41) is 12.1. The van der Waals surface area contributed by atoms with E-state index in [9.17, 15) is 9.59 Å². The molecule has 0 radical (unpaired) electrons. The maximum absolute atomic E-state index is 12.4. The molecular weight excluding hydrogens is 452 g/mol. The molecule has 0 aliphatic carbocycles. The molecular formula is C22H23ClN4O4S. The first-order chi connectivity index (χ1) is 15.3. The van der Waals surface area contributed by atoms with E-state index in [1.165, 1.54) is 11.8 Å². The second-order valence-electron chi connectivity index (χ2n) is 7.05. The van der Waals surface area contributed by atoms with Gasteiger partial charge in [0.1, 0.15) is 12.4 Å². The number of benzene rings is 2. The zero-order valence-electron chi connectivity index (χ0n) is 17.9. The van der Waals surface area contributed by atoms with Gasteiger partial charge in [-0.15, -0.1) is 10.2 Å². The quantitative estimate of drug-likeness (QED) is 0.364. The topological polar surface area (TPSA) is 95.3 Å². The fourth-order valence-corrected chi connectivity index (χ4v) is 3.55. The first-order valence-corrected chi connectivity index (χ1v) is 11.2. The van der Waals surface area contributed by atoms with Crippen LogP contribution in [-0.4, -0.2) is 38.5 Å². The third-order valence-electron chi connectivity index (χ3n) is 4.18. The van der Waals surface area contributed by atoms with Gasteiger partial charge in [0.25, 0.3) is 0 Å². The molecule has 0 atom stereocenters. The van der Waals surface area contributed by atoms with Gasteiger partial charge in [-0.05, 0) is 44.2 Å². The Bertz CT molecular complexity index is 1100. The average Bonchev–Trinajstić information content (AvgIpc) is 3.11. The molecule has 1 heterocycles. The highest BCUT2D eigenvalue weighted by atomic mass is 35.5. The van der Waals surface area contributed by atoms with Gasteiger partial charge in [0.2, 0.25) is 5.91 Å². The highest BCUT2D eigenvalue weighted by Gasteiger charge is 2.14. The zero-order valence-corrected chi connectivity index (χ0v) is 19.4. The normalized spacial score (nSPS) is 10.8. The molecule has 3 rings (SSSR count). The van der Waals surface area contributed by atoms with Crippen LogP contribution in [0.5, 0.6) is 5.75 Å². The maximum atomic E-state index is 12.4. The Morgan fingerprint density at radius 2 is 1.94 bits per heavy atom. The van der Waals surface area contributed by atoms with Crippen LogP contribution < -0.4 is 10.1 Å². The van der Waals surface area contributed by atoms with Gasteiger partial charge in [0, 0.05) is 12.7 Å². The summed E-state index contributed by atoms with van der Waals surface area (Å²) in [4.78, 5) is 24.4. The predicted octanol–water partition coefficient (Wildman–Crippen LogP) is 4.34. The number of para-hydroxylation sites is 1. The minimum absolute atomic E-state index is 0.123. The Hall–Kier alpha value is -3.04. The van der Waals surface area contributed by atoms with E-state index in [0.717, 1.165) is 0 Å². The largest absolute Gasteiger partial charge is 0.484 e. The Balaban J connectivity index is 1.53. The number of nitrogens with zero attached hydrogens (tertiary/aromatic N) is 3. The third kappa shape index (κ3) is 6.48. The lowest BCUT2D eigenvalue weighted by Crippen LogP contribution is -2.16. The van der Waals surface area contributed by atoms with Crippen LogP contribution in [-0.2, 0) is 23.2 Å². The molecule has 0 aliphatic heterocycles. The van der Waals surface area contributed by atoms with Gasteiger partial charge in [0.05, 0.1) is 22.4 Å². The summed E-state index contributed by atoms with van der Waals surface area (Å²) in [6.07, 6.45) is -0.219. The summed E-state index contributed by atoms with van der Waals surface area (Å²) in [6, 6.07) is 13.8. The van der Waals surface area contributed by atoms with Gasteiger partial charge in [-0.2, -0.15) is 0 Å². The number of carbonyl (C=O) groups excluding carboxylic acids is 2. The maximum Gasteiger partial charge on any atom is 0.338 e. The molecule has 10 heteroatoms. The summed E-state index contributed by atoms with van der Waals surface area (Å²) in [6.45, 7) is 3.75. The number of ether oxygens (including phenoxy) is 2. The number of anilines is 1. The minimum Gasteiger partial charge on any atom is -0.484 e. The van der Waals surface area contributed by atoms with Gasteiger partial charge in [-0.1, -0.05) is 41.6 Å². The molecule has 0 saturated heterocycles. The van der Waals surface area contributed by atoms with E-state index in [4.69, 9.17) is 21.1 Å². The molecule has 2 aromatic carbocycles. The van der Waals surface area contributed by atoms with Gasteiger partial charge in [-0.25, -0.2) is 4.79 Å². The summed E-state index contributed by atoms with van der Waals surface area (Å²) in [7, 11) is 1.80. The molecule has 0 aliphatic rings. The lowest BCUT2D eigenvalue weighted by Gasteiger charge is -2.10. The lowest BCUT2D eigenvalue weighted by molar-refractivity contribution is -0.113. The van der Waals surface area contributed by atoms with E-state index >= 15 is 0 Å². The number of thioether (sulfide) groups is 1. The molecule has 0 unspecified atom stereocenters. The van der Waals surface area contributed by atoms with Crippen LogP contribution in [0.2, 0.25) is 5.02 Å². The van der Waals surface area contributed by atoms with E-state index in [1.807, 2.05) is 12.1 Å². The molecule has 0 spiro atoms. The first kappa shape index (κ1) is 23.6. The fraction of sp³-hybridized carbons (Fsp3) is 0.273. The molecule has 3 aromatic rings.